The van der Waals surface area contributed by atoms with Crippen molar-refractivity contribution < 1.29 is 19.1 Å². The largest absolute Gasteiger partial charge is 0.480 e. The summed E-state index contributed by atoms with van der Waals surface area (Å²) in [6.07, 6.45) is 7.27. The SMILES string of the molecule is O=C(/C=C/c1ccco1)NC(Cc1cnc[nH]1)C(=O)O. The van der Waals surface area contributed by atoms with E-state index in [2.05, 4.69) is 15.3 Å². The molecule has 0 aliphatic rings. The molecule has 0 fully saturated rings. The van der Waals surface area contributed by atoms with Crippen molar-refractivity contribution in [2.45, 2.75) is 12.5 Å². The average Bonchev–Trinajstić information content (AvgIpc) is 3.08. The third kappa shape index (κ3) is 3.84. The minimum atomic E-state index is -1.11. The van der Waals surface area contributed by atoms with E-state index < -0.39 is 17.9 Å². The van der Waals surface area contributed by atoms with Gasteiger partial charge in [-0.05, 0) is 18.2 Å². The van der Waals surface area contributed by atoms with E-state index in [4.69, 9.17) is 9.52 Å². The number of carboxylic acids is 1. The van der Waals surface area contributed by atoms with Gasteiger partial charge in [0.2, 0.25) is 5.91 Å². The number of amides is 1. The number of carbonyl (C=O) groups excluding carboxylic acids is 1. The summed E-state index contributed by atoms with van der Waals surface area (Å²) in [4.78, 5) is 29.3. The summed E-state index contributed by atoms with van der Waals surface area (Å²) in [6.45, 7) is 0. The maximum absolute atomic E-state index is 11.7. The van der Waals surface area contributed by atoms with Gasteiger partial charge in [-0.25, -0.2) is 9.78 Å². The number of aromatic nitrogens is 2. The zero-order valence-corrected chi connectivity index (χ0v) is 10.4. The molecule has 0 saturated heterocycles. The van der Waals surface area contributed by atoms with E-state index in [1.165, 1.54) is 30.9 Å². The van der Waals surface area contributed by atoms with Gasteiger partial charge in [-0.3, -0.25) is 4.79 Å². The predicted octanol–water partition coefficient (Wildman–Crippen LogP) is 0.828. The van der Waals surface area contributed by atoms with Gasteiger partial charge in [0.05, 0.1) is 12.6 Å². The molecule has 0 aromatic carbocycles. The van der Waals surface area contributed by atoms with Gasteiger partial charge in [-0.1, -0.05) is 0 Å². The average molecular weight is 275 g/mol. The third-order valence-electron chi connectivity index (χ3n) is 2.54. The number of hydrogen-bond donors (Lipinski definition) is 3. The van der Waals surface area contributed by atoms with Crippen molar-refractivity contribution in [3.05, 3.63) is 48.5 Å². The maximum atomic E-state index is 11.7. The number of hydrogen-bond acceptors (Lipinski definition) is 4. The Bertz CT molecular complexity index is 587. The Kier molecular flexibility index (Phi) is 4.33. The highest BCUT2D eigenvalue weighted by atomic mass is 16.4. The summed E-state index contributed by atoms with van der Waals surface area (Å²) >= 11 is 0. The summed E-state index contributed by atoms with van der Waals surface area (Å²) in [6, 6.07) is 2.35. The number of furan rings is 1. The van der Waals surface area contributed by atoms with Crippen LogP contribution in [0.1, 0.15) is 11.5 Å². The number of H-pyrrole nitrogens is 1. The molecule has 1 atom stereocenters. The molecule has 0 radical (unpaired) electrons. The van der Waals surface area contributed by atoms with Crippen LogP contribution in [0, 0.1) is 0 Å². The van der Waals surface area contributed by atoms with Gasteiger partial charge in [0.15, 0.2) is 0 Å². The highest BCUT2D eigenvalue weighted by molar-refractivity contribution is 5.94. The van der Waals surface area contributed by atoms with E-state index in [9.17, 15) is 9.59 Å². The van der Waals surface area contributed by atoms with Gasteiger partial charge < -0.3 is 19.8 Å². The van der Waals surface area contributed by atoms with E-state index in [1.807, 2.05) is 0 Å². The van der Waals surface area contributed by atoms with Crippen LogP contribution in [0.5, 0.6) is 0 Å². The van der Waals surface area contributed by atoms with Crippen molar-refractivity contribution in [2.75, 3.05) is 0 Å². The van der Waals surface area contributed by atoms with Crippen molar-refractivity contribution in [1.82, 2.24) is 15.3 Å². The lowest BCUT2D eigenvalue weighted by Crippen LogP contribution is -2.41. The van der Waals surface area contributed by atoms with Crippen molar-refractivity contribution in [1.29, 1.82) is 0 Å². The molecule has 7 nitrogen and oxygen atoms in total. The molecule has 0 saturated carbocycles. The van der Waals surface area contributed by atoms with Gasteiger partial charge in [-0.2, -0.15) is 0 Å². The highest BCUT2D eigenvalue weighted by Crippen LogP contribution is 2.03. The van der Waals surface area contributed by atoms with E-state index in [0.717, 1.165) is 0 Å². The number of carbonyl (C=O) groups is 2. The summed E-state index contributed by atoms with van der Waals surface area (Å²) in [5.74, 6) is -1.10. The maximum Gasteiger partial charge on any atom is 0.326 e. The molecule has 2 rings (SSSR count). The second-order valence-electron chi connectivity index (χ2n) is 4.03. The zero-order chi connectivity index (χ0) is 14.4. The molecule has 0 bridgehead atoms. The lowest BCUT2D eigenvalue weighted by atomic mass is 10.1. The van der Waals surface area contributed by atoms with Gasteiger partial charge in [-0.15, -0.1) is 0 Å². The molecular formula is C13H13N3O4. The van der Waals surface area contributed by atoms with Crippen LogP contribution in [-0.2, 0) is 16.0 Å². The fourth-order valence-corrected chi connectivity index (χ4v) is 1.58. The molecule has 3 N–H and O–H groups in total. The predicted molar refractivity (Wildman–Crippen MR) is 69.6 cm³/mol. The number of rotatable bonds is 6. The lowest BCUT2D eigenvalue weighted by molar-refractivity contribution is -0.141. The van der Waals surface area contributed by atoms with Crippen LogP contribution in [0.4, 0.5) is 0 Å². The van der Waals surface area contributed by atoms with Gasteiger partial charge in [0.25, 0.3) is 0 Å². The first kappa shape index (κ1) is 13.6. The summed E-state index contributed by atoms with van der Waals surface area (Å²) < 4.78 is 5.03. The van der Waals surface area contributed by atoms with E-state index in [-0.39, 0.29) is 6.42 Å². The van der Waals surface area contributed by atoms with Gasteiger partial charge in [0, 0.05) is 24.4 Å². The number of imidazole rings is 1. The van der Waals surface area contributed by atoms with Crippen LogP contribution in [0.15, 0.2) is 41.4 Å². The molecule has 0 aliphatic heterocycles. The summed E-state index contributed by atoms with van der Waals surface area (Å²) in [7, 11) is 0. The molecule has 1 amide bonds. The highest BCUT2D eigenvalue weighted by Gasteiger charge is 2.19. The van der Waals surface area contributed by atoms with Crippen LogP contribution in [-0.4, -0.2) is 33.0 Å². The lowest BCUT2D eigenvalue weighted by Gasteiger charge is -2.11. The first-order valence-electron chi connectivity index (χ1n) is 5.87. The Balaban J connectivity index is 1.94. The first-order valence-corrected chi connectivity index (χ1v) is 5.87. The number of aromatic amines is 1. The van der Waals surface area contributed by atoms with Crippen molar-refractivity contribution >= 4 is 18.0 Å². The molecular weight excluding hydrogens is 262 g/mol. The molecule has 0 aliphatic carbocycles. The van der Waals surface area contributed by atoms with Crippen LogP contribution in [0.3, 0.4) is 0 Å². The normalized spacial score (nSPS) is 12.4. The molecule has 7 heteroatoms. The minimum absolute atomic E-state index is 0.135. The molecule has 20 heavy (non-hydrogen) atoms. The van der Waals surface area contributed by atoms with Gasteiger partial charge >= 0.3 is 5.97 Å². The number of nitrogens with one attached hydrogen (secondary N) is 2. The van der Waals surface area contributed by atoms with E-state index in [1.54, 1.807) is 12.1 Å². The molecule has 2 aromatic rings. The quantitative estimate of drug-likeness (QED) is 0.676. The molecule has 2 heterocycles. The van der Waals surface area contributed by atoms with Crippen molar-refractivity contribution in [3.8, 4) is 0 Å². The second kappa shape index (κ2) is 6.37. The Labute approximate surface area is 114 Å². The fourth-order valence-electron chi connectivity index (χ4n) is 1.58. The number of carboxylic acid groups (broad SMARTS) is 1. The first-order chi connectivity index (χ1) is 9.65. The number of nitrogens with zero attached hydrogens (tertiary/aromatic N) is 1. The summed E-state index contributed by atoms with van der Waals surface area (Å²) in [5, 5.41) is 11.5. The van der Waals surface area contributed by atoms with E-state index >= 15 is 0 Å². The minimum Gasteiger partial charge on any atom is -0.480 e. The van der Waals surface area contributed by atoms with Crippen molar-refractivity contribution in [2.24, 2.45) is 0 Å². The van der Waals surface area contributed by atoms with Crippen LogP contribution < -0.4 is 5.32 Å². The fraction of sp³-hybridized carbons (Fsp3) is 0.154. The van der Waals surface area contributed by atoms with E-state index in [0.29, 0.717) is 11.5 Å². The smallest absolute Gasteiger partial charge is 0.326 e. The van der Waals surface area contributed by atoms with Crippen LogP contribution in [0.2, 0.25) is 0 Å². The van der Waals surface area contributed by atoms with Crippen LogP contribution in [0.25, 0.3) is 6.08 Å². The van der Waals surface area contributed by atoms with Crippen molar-refractivity contribution in [3.63, 3.8) is 0 Å². The zero-order valence-electron chi connectivity index (χ0n) is 10.4. The Morgan fingerprint density at radius 1 is 1.55 bits per heavy atom. The molecule has 1 unspecified atom stereocenters. The molecule has 2 aromatic heterocycles. The third-order valence-corrected chi connectivity index (χ3v) is 2.54. The topological polar surface area (TPSA) is 108 Å². The second-order valence-corrected chi connectivity index (χ2v) is 4.03. The summed E-state index contributed by atoms with van der Waals surface area (Å²) in [5.41, 5.74) is 0.632. The monoisotopic (exact) mass is 275 g/mol. The Morgan fingerprint density at radius 3 is 3.00 bits per heavy atom. The Hall–Kier alpha value is -2.83. The molecule has 0 spiro atoms. The van der Waals surface area contributed by atoms with Crippen LogP contribution >= 0.6 is 0 Å². The standard InChI is InChI=1S/C13H13N3O4/c17-12(4-3-10-2-1-5-20-10)16-11(13(18)19)6-9-7-14-8-15-9/h1-5,7-8,11H,6H2,(H,14,15)(H,16,17)(H,18,19)/b4-3+. The Morgan fingerprint density at radius 2 is 2.40 bits per heavy atom. The van der Waals surface area contributed by atoms with Gasteiger partial charge in [0.1, 0.15) is 11.8 Å². The number of aliphatic carboxylic acids is 1. The molecule has 104 valence electrons.